The van der Waals surface area contributed by atoms with Crippen molar-refractivity contribution in [3.63, 3.8) is 0 Å². The second-order valence-electron chi connectivity index (χ2n) is 5.53. The first-order valence-electron chi connectivity index (χ1n) is 7.65. The van der Waals surface area contributed by atoms with Crippen LogP contribution in [0.25, 0.3) is 10.6 Å². The highest BCUT2D eigenvalue weighted by Crippen LogP contribution is 2.25. The monoisotopic (exact) mass is 341 g/mol. The minimum atomic E-state index is -0.216. The number of hydrogen-bond acceptors (Lipinski definition) is 4. The van der Waals surface area contributed by atoms with Crippen molar-refractivity contribution in [1.29, 1.82) is 0 Å². The van der Waals surface area contributed by atoms with E-state index in [4.69, 9.17) is 0 Å². The van der Waals surface area contributed by atoms with Gasteiger partial charge in [-0.3, -0.25) is 4.68 Å². The maximum absolute atomic E-state index is 12.0. The van der Waals surface area contributed by atoms with Gasteiger partial charge in [-0.1, -0.05) is 12.1 Å². The molecule has 0 aliphatic carbocycles. The number of rotatable bonds is 5. The molecule has 2 N–H and O–H groups in total. The molecule has 0 saturated heterocycles. The van der Waals surface area contributed by atoms with Gasteiger partial charge in [-0.05, 0) is 31.0 Å². The molecular formula is C17H19N5OS. The number of nitrogens with zero attached hydrogens (tertiary/aromatic N) is 3. The molecule has 0 aliphatic rings. The molecule has 124 valence electrons. The number of anilines is 1. The molecule has 0 bridgehead atoms. The number of nitrogens with one attached hydrogen (secondary N) is 2. The Morgan fingerprint density at radius 2 is 2.25 bits per heavy atom. The molecule has 0 aliphatic heterocycles. The number of thiazole rings is 1. The van der Waals surface area contributed by atoms with Crippen LogP contribution < -0.4 is 10.6 Å². The number of aryl methyl sites for hydroxylation is 2. The molecule has 2 heterocycles. The van der Waals surface area contributed by atoms with E-state index in [1.165, 1.54) is 0 Å². The summed E-state index contributed by atoms with van der Waals surface area (Å²) in [5.41, 5.74) is 3.85. The third kappa shape index (κ3) is 4.20. The predicted molar refractivity (Wildman–Crippen MR) is 96.2 cm³/mol. The minimum absolute atomic E-state index is 0.216. The Morgan fingerprint density at radius 3 is 2.96 bits per heavy atom. The van der Waals surface area contributed by atoms with Crippen LogP contribution in [0.15, 0.2) is 42.0 Å². The quantitative estimate of drug-likeness (QED) is 0.748. The standard InChI is InChI=1S/C17H19N5OS/c1-12-11-24-16(20-12)14-4-3-5-15(8-14)21-17(23)18-7-6-13-9-19-22(2)10-13/h3-5,8-11H,6-7H2,1-2H3,(H2,18,21,23). The zero-order valence-electron chi connectivity index (χ0n) is 13.6. The smallest absolute Gasteiger partial charge is 0.319 e. The Hall–Kier alpha value is -2.67. The fourth-order valence-corrected chi connectivity index (χ4v) is 3.11. The van der Waals surface area contributed by atoms with Crippen molar-refractivity contribution in [2.24, 2.45) is 7.05 Å². The first-order valence-corrected chi connectivity index (χ1v) is 8.53. The second kappa shape index (κ2) is 7.27. The van der Waals surface area contributed by atoms with Crippen LogP contribution in [-0.4, -0.2) is 27.3 Å². The molecule has 2 amide bonds. The van der Waals surface area contributed by atoms with Gasteiger partial charge in [0.15, 0.2) is 0 Å². The van der Waals surface area contributed by atoms with Gasteiger partial charge in [-0.2, -0.15) is 5.10 Å². The van der Waals surface area contributed by atoms with Gasteiger partial charge in [-0.25, -0.2) is 9.78 Å². The Labute approximate surface area is 144 Å². The molecule has 7 heteroatoms. The summed E-state index contributed by atoms with van der Waals surface area (Å²) < 4.78 is 1.75. The van der Waals surface area contributed by atoms with Crippen LogP contribution in [-0.2, 0) is 13.5 Å². The molecule has 24 heavy (non-hydrogen) atoms. The highest BCUT2D eigenvalue weighted by molar-refractivity contribution is 7.13. The van der Waals surface area contributed by atoms with Crippen molar-refractivity contribution in [3.8, 4) is 10.6 Å². The Kier molecular flexibility index (Phi) is 4.90. The number of aromatic nitrogens is 3. The highest BCUT2D eigenvalue weighted by atomic mass is 32.1. The summed E-state index contributed by atoms with van der Waals surface area (Å²) in [5.74, 6) is 0. The molecule has 0 atom stereocenters. The number of carbonyl (C=O) groups is 1. The maximum atomic E-state index is 12.0. The number of amides is 2. The zero-order valence-corrected chi connectivity index (χ0v) is 14.4. The van der Waals surface area contributed by atoms with Gasteiger partial charge in [0.1, 0.15) is 5.01 Å². The van der Waals surface area contributed by atoms with Crippen LogP contribution in [0.2, 0.25) is 0 Å². The normalized spacial score (nSPS) is 10.6. The SMILES string of the molecule is Cc1csc(-c2cccc(NC(=O)NCCc3cnn(C)c3)c2)n1. The lowest BCUT2D eigenvalue weighted by Gasteiger charge is -2.08. The van der Waals surface area contributed by atoms with E-state index in [0.29, 0.717) is 6.54 Å². The van der Waals surface area contributed by atoms with E-state index in [1.54, 1.807) is 22.2 Å². The van der Waals surface area contributed by atoms with E-state index in [9.17, 15) is 4.79 Å². The van der Waals surface area contributed by atoms with Gasteiger partial charge < -0.3 is 10.6 Å². The molecule has 0 radical (unpaired) electrons. The number of hydrogen-bond donors (Lipinski definition) is 2. The lowest BCUT2D eigenvalue weighted by Crippen LogP contribution is -2.30. The molecule has 3 rings (SSSR count). The largest absolute Gasteiger partial charge is 0.338 e. The van der Waals surface area contributed by atoms with Crippen molar-refractivity contribution >= 4 is 23.1 Å². The lowest BCUT2D eigenvalue weighted by molar-refractivity contribution is 0.252. The van der Waals surface area contributed by atoms with Gasteiger partial charge in [-0.15, -0.1) is 11.3 Å². The van der Waals surface area contributed by atoms with E-state index in [2.05, 4.69) is 20.7 Å². The molecule has 1 aromatic carbocycles. The second-order valence-corrected chi connectivity index (χ2v) is 6.39. The molecular weight excluding hydrogens is 322 g/mol. The molecule has 0 saturated carbocycles. The van der Waals surface area contributed by atoms with Crippen LogP contribution in [0, 0.1) is 6.92 Å². The van der Waals surface area contributed by atoms with Crippen molar-refractivity contribution in [3.05, 3.63) is 53.3 Å². The lowest BCUT2D eigenvalue weighted by atomic mass is 10.2. The van der Waals surface area contributed by atoms with Crippen molar-refractivity contribution < 1.29 is 4.79 Å². The van der Waals surface area contributed by atoms with Gasteiger partial charge in [0.2, 0.25) is 0 Å². The Balaban J connectivity index is 1.54. The summed E-state index contributed by atoms with van der Waals surface area (Å²) in [6.45, 7) is 2.53. The van der Waals surface area contributed by atoms with Crippen LogP contribution >= 0.6 is 11.3 Å². The first-order chi connectivity index (χ1) is 11.6. The van der Waals surface area contributed by atoms with Gasteiger partial charge in [0.05, 0.1) is 6.20 Å². The molecule has 2 aromatic heterocycles. The van der Waals surface area contributed by atoms with Crippen LogP contribution in [0.3, 0.4) is 0 Å². The third-order valence-corrected chi connectivity index (χ3v) is 4.45. The summed E-state index contributed by atoms with van der Waals surface area (Å²) in [5, 5.41) is 12.8. The molecule has 6 nitrogen and oxygen atoms in total. The summed E-state index contributed by atoms with van der Waals surface area (Å²) in [7, 11) is 1.88. The zero-order chi connectivity index (χ0) is 16.9. The number of urea groups is 1. The number of carbonyl (C=O) groups excluding carboxylic acids is 1. The fraction of sp³-hybridized carbons (Fsp3) is 0.235. The van der Waals surface area contributed by atoms with Crippen LogP contribution in [0.5, 0.6) is 0 Å². The highest BCUT2D eigenvalue weighted by Gasteiger charge is 2.06. The van der Waals surface area contributed by atoms with E-state index in [-0.39, 0.29) is 6.03 Å². The Morgan fingerprint density at radius 1 is 1.38 bits per heavy atom. The molecule has 0 spiro atoms. The minimum Gasteiger partial charge on any atom is -0.338 e. The van der Waals surface area contributed by atoms with E-state index in [0.717, 1.165) is 33.9 Å². The van der Waals surface area contributed by atoms with Gasteiger partial charge in [0.25, 0.3) is 0 Å². The van der Waals surface area contributed by atoms with E-state index >= 15 is 0 Å². The third-order valence-electron chi connectivity index (χ3n) is 3.44. The summed E-state index contributed by atoms with van der Waals surface area (Å²) in [6, 6.07) is 7.48. The van der Waals surface area contributed by atoms with Crippen molar-refractivity contribution in [2.75, 3.05) is 11.9 Å². The summed E-state index contributed by atoms with van der Waals surface area (Å²) in [4.78, 5) is 16.5. The number of benzene rings is 1. The van der Waals surface area contributed by atoms with Crippen molar-refractivity contribution in [1.82, 2.24) is 20.1 Å². The molecule has 0 unspecified atom stereocenters. The summed E-state index contributed by atoms with van der Waals surface area (Å²) in [6.07, 6.45) is 4.50. The predicted octanol–water partition coefficient (Wildman–Crippen LogP) is 3.22. The Bertz CT molecular complexity index is 839. The summed E-state index contributed by atoms with van der Waals surface area (Å²) >= 11 is 1.60. The van der Waals surface area contributed by atoms with Crippen LogP contribution in [0.1, 0.15) is 11.3 Å². The topological polar surface area (TPSA) is 71.8 Å². The van der Waals surface area contributed by atoms with Crippen LogP contribution in [0.4, 0.5) is 10.5 Å². The maximum Gasteiger partial charge on any atom is 0.319 e. The van der Waals surface area contributed by atoms with Crippen molar-refractivity contribution in [2.45, 2.75) is 13.3 Å². The average Bonchev–Trinajstić information content (AvgIpc) is 3.16. The van der Waals surface area contributed by atoms with Gasteiger partial charge in [0, 0.05) is 42.1 Å². The molecule has 0 fully saturated rings. The first kappa shape index (κ1) is 16.2. The van der Waals surface area contributed by atoms with E-state index in [1.807, 2.05) is 49.8 Å². The average molecular weight is 341 g/mol. The van der Waals surface area contributed by atoms with E-state index < -0.39 is 0 Å². The fourth-order valence-electron chi connectivity index (χ4n) is 2.31. The van der Waals surface area contributed by atoms with Gasteiger partial charge >= 0.3 is 6.03 Å². The molecule has 3 aromatic rings.